The zero-order valence-corrected chi connectivity index (χ0v) is 9.67. The summed E-state index contributed by atoms with van der Waals surface area (Å²) in [5.41, 5.74) is 6.52. The van der Waals surface area contributed by atoms with Crippen molar-refractivity contribution in [2.24, 2.45) is 0 Å². The first kappa shape index (κ1) is 10.5. The highest BCUT2D eigenvalue weighted by Crippen LogP contribution is 2.25. The Bertz CT molecular complexity index is 671. The lowest BCUT2D eigenvalue weighted by Crippen LogP contribution is -1.98. The molecule has 0 spiro atoms. The van der Waals surface area contributed by atoms with E-state index in [0.29, 0.717) is 11.6 Å². The predicted molar refractivity (Wildman–Crippen MR) is 73.7 cm³/mol. The van der Waals surface area contributed by atoms with Crippen LogP contribution >= 0.6 is 0 Å². The van der Waals surface area contributed by atoms with Crippen LogP contribution in [0.4, 0.5) is 17.3 Å². The van der Waals surface area contributed by atoms with E-state index in [0.717, 1.165) is 11.1 Å². The molecule has 0 fully saturated rings. The third-order valence-electron chi connectivity index (χ3n) is 2.74. The number of hydrogen-bond donors (Lipinski definition) is 2. The lowest BCUT2D eigenvalue weighted by Gasteiger charge is -2.08. The zero-order valence-electron chi connectivity index (χ0n) is 9.67. The topological polar surface area (TPSA) is 63.8 Å². The third-order valence-corrected chi connectivity index (χ3v) is 2.74. The zero-order chi connectivity index (χ0) is 12.4. The average Bonchev–Trinajstić information content (AvgIpc) is 2.42. The van der Waals surface area contributed by atoms with E-state index in [9.17, 15) is 0 Å². The number of nitrogen functional groups attached to an aromatic ring is 1. The van der Waals surface area contributed by atoms with Crippen molar-refractivity contribution in [3.8, 4) is 0 Å². The maximum Gasteiger partial charge on any atom is 0.153 e. The van der Waals surface area contributed by atoms with Gasteiger partial charge in [0, 0.05) is 11.1 Å². The summed E-state index contributed by atoms with van der Waals surface area (Å²) >= 11 is 0. The standard InChI is InChI=1S/C14H12N4/c15-13-8-9-14(18-17-13)16-12-7-3-5-10-4-1-2-6-11(10)12/h1-9H,(H2,15,17)(H,16,18). The van der Waals surface area contributed by atoms with Gasteiger partial charge in [-0.2, -0.15) is 0 Å². The molecule has 0 bridgehead atoms. The Hall–Kier alpha value is -2.62. The largest absolute Gasteiger partial charge is 0.382 e. The van der Waals surface area contributed by atoms with Gasteiger partial charge in [-0.05, 0) is 23.6 Å². The number of nitrogens with zero attached hydrogens (tertiary/aromatic N) is 2. The first-order valence-electron chi connectivity index (χ1n) is 5.67. The molecule has 0 aliphatic carbocycles. The van der Waals surface area contributed by atoms with E-state index in [1.807, 2.05) is 30.3 Å². The number of nitrogens with one attached hydrogen (secondary N) is 1. The van der Waals surface area contributed by atoms with Crippen LogP contribution in [0.3, 0.4) is 0 Å². The maximum atomic E-state index is 5.51. The molecule has 0 amide bonds. The molecule has 4 heteroatoms. The minimum atomic E-state index is 0.415. The molecule has 18 heavy (non-hydrogen) atoms. The van der Waals surface area contributed by atoms with Gasteiger partial charge < -0.3 is 11.1 Å². The molecule has 0 saturated carbocycles. The van der Waals surface area contributed by atoms with E-state index < -0.39 is 0 Å². The molecular formula is C14H12N4. The SMILES string of the molecule is Nc1ccc(Nc2cccc3ccccc23)nn1. The van der Waals surface area contributed by atoms with Gasteiger partial charge >= 0.3 is 0 Å². The Morgan fingerprint density at radius 1 is 0.833 bits per heavy atom. The lowest BCUT2D eigenvalue weighted by atomic mass is 10.1. The fourth-order valence-corrected chi connectivity index (χ4v) is 1.88. The van der Waals surface area contributed by atoms with E-state index in [2.05, 4.69) is 33.7 Å². The van der Waals surface area contributed by atoms with Crippen molar-refractivity contribution >= 4 is 28.1 Å². The van der Waals surface area contributed by atoms with Gasteiger partial charge in [0.1, 0.15) is 5.82 Å². The number of anilines is 3. The molecular weight excluding hydrogens is 224 g/mol. The molecule has 1 heterocycles. The molecule has 88 valence electrons. The number of rotatable bonds is 2. The van der Waals surface area contributed by atoms with Gasteiger partial charge in [-0.1, -0.05) is 36.4 Å². The lowest BCUT2D eigenvalue weighted by molar-refractivity contribution is 1.05. The van der Waals surface area contributed by atoms with Crippen molar-refractivity contribution in [1.82, 2.24) is 10.2 Å². The van der Waals surface area contributed by atoms with Gasteiger partial charge in [0.15, 0.2) is 5.82 Å². The number of nitrogens with two attached hydrogens (primary N) is 1. The molecule has 3 aromatic rings. The number of aromatic nitrogens is 2. The summed E-state index contributed by atoms with van der Waals surface area (Å²) in [5, 5.41) is 13.4. The van der Waals surface area contributed by atoms with Gasteiger partial charge in [-0.15, -0.1) is 10.2 Å². The van der Waals surface area contributed by atoms with Crippen molar-refractivity contribution in [2.75, 3.05) is 11.1 Å². The molecule has 0 saturated heterocycles. The predicted octanol–water partition coefficient (Wildman–Crippen LogP) is 2.96. The summed E-state index contributed by atoms with van der Waals surface area (Å²) in [6, 6.07) is 17.8. The normalized spacial score (nSPS) is 10.4. The third kappa shape index (κ3) is 1.96. The number of hydrogen-bond acceptors (Lipinski definition) is 4. The van der Waals surface area contributed by atoms with Gasteiger partial charge in [0.2, 0.25) is 0 Å². The summed E-state index contributed by atoms with van der Waals surface area (Å²) in [4.78, 5) is 0. The van der Waals surface area contributed by atoms with Crippen LogP contribution in [0, 0.1) is 0 Å². The van der Waals surface area contributed by atoms with Crippen LogP contribution in [0.1, 0.15) is 0 Å². The van der Waals surface area contributed by atoms with Crippen LogP contribution in [-0.2, 0) is 0 Å². The molecule has 0 aliphatic rings. The van der Waals surface area contributed by atoms with Crippen molar-refractivity contribution in [3.63, 3.8) is 0 Å². The minimum Gasteiger partial charge on any atom is -0.382 e. The molecule has 2 aromatic carbocycles. The summed E-state index contributed by atoms with van der Waals surface area (Å²) in [6.45, 7) is 0. The summed E-state index contributed by atoms with van der Waals surface area (Å²) in [6.07, 6.45) is 0. The fraction of sp³-hybridized carbons (Fsp3) is 0. The molecule has 0 radical (unpaired) electrons. The quantitative estimate of drug-likeness (QED) is 0.718. The number of benzene rings is 2. The molecule has 3 rings (SSSR count). The smallest absolute Gasteiger partial charge is 0.153 e. The van der Waals surface area contributed by atoms with Crippen LogP contribution < -0.4 is 11.1 Å². The second-order valence-corrected chi connectivity index (χ2v) is 4.00. The fourth-order valence-electron chi connectivity index (χ4n) is 1.88. The Balaban J connectivity index is 2.02. The van der Waals surface area contributed by atoms with E-state index in [4.69, 9.17) is 5.73 Å². The highest BCUT2D eigenvalue weighted by molar-refractivity contribution is 5.95. The number of fused-ring (bicyclic) bond motifs is 1. The van der Waals surface area contributed by atoms with Crippen molar-refractivity contribution < 1.29 is 0 Å². The van der Waals surface area contributed by atoms with Gasteiger partial charge in [-0.25, -0.2) is 0 Å². The highest BCUT2D eigenvalue weighted by Gasteiger charge is 2.01. The summed E-state index contributed by atoms with van der Waals surface area (Å²) < 4.78 is 0. The van der Waals surface area contributed by atoms with E-state index >= 15 is 0 Å². The van der Waals surface area contributed by atoms with E-state index in [1.165, 1.54) is 5.39 Å². The van der Waals surface area contributed by atoms with Crippen LogP contribution in [0.15, 0.2) is 54.6 Å². The van der Waals surface area contributed by atoms with Crippen LogP contribution in [0.25, 0.3) is 10.8 Å². The van der Waals surface area contributed by atoms with Crippen LogP contribution in [0.2, 0.25) is 0 Å². The molecule has 0 atom stereocenters. The second-order valence-electron chi connectivity index (χ2n) is 4.00. The van der Waals surface area contributed by atoms with Crippen LogP contribution in [0.5, 0.6) is 0 Å². The maximum absolute atomic E-state index is 5.51. The van der Waals surface area contributed by atoms with Crippen molar-refractivity contribution in [2.45, 2.75) is 0 Å². The highest BCUT2D eigenvalue weighted by atomic mass is 15.2. The summed E-state index contributed by atoms with van der Waals surface area (Å²) in [7, 11) is 0. The van der Waals surface area contributed by atoms with Crippen molar-refractivity contribution in [3.05, 3.63) is 54.6 Å². The first-order chi connectivity index (χ1) is 8.83. The van der Waals surface area contributed by atoms with E-state index in [-0.39, 0.29) is 0 Å². The van der Waals surface area contributed by atoms with Gasteiger partial charge in [-0.3, -0.25) is 0 Å². The van der Waals surface area contributed by atoms with E-state index in [1.54, 1.807) is 6.07 Å². The molecule has 0 unspecified atom stereocenters. The van der Waals surface area contributed by atoms with Crippen LogP contribution in [-0.4, -0.2) is 10.2 Å². The monoisotopic (exact) mass is 236 g/mol. The molecule has 0 aliphatic heterocycles. The minimum absolute atomic E-state index is 0.415. The Morgan fingerprint density at radius 3 is 2.50 bits per heavy atom. The van der Waals surface area contributed by atoms with Gasteiger partial charge in [0.05, 0.1) is 0 Å². The Labute approximate surface area is 104 Å². The average molecular weight is 236 g/mol. The Morgan fingerprint density at radius 2 is 1.67 bits per heavy atom. The van der Waals surface area contributed by atoms with Crippen molar-refractivity contribution in [1.29, 1.82) is 0 Å². The molecule has 3 N–H and O–H groups in total. The summed E-state index contributed by atoms with van der Waals surface area (Å²) in [5.74, 6) is 1.10. The van der Waals surface area contributed by atoms with Gasteiger partial charge in [0.25, 0.3) is 0 Å². The first-order valence-corrected chi connectivity index (χ1v) is 5.67. The molecule has 4 nitrogen and oxygen atoms in total. The molecule has 1 aromatic heterocycles. The Kier molecular flexibility index (Phi) is 2.53. The second kappa shape index (κ2) is 4.33.